The van der Waals surface area contributed by atoms with Crippen LogP contribution in [0.15, 0.2) is 6.07 Å². The first kappa shape index (κ1) is 12.6. The molecule has 0 saturated heterocycles. The number of hydrogen-bond donors (Lipinski definition) is 1. The van der Waals surface area contributed by atoms with Crippen LogP contribution < -0.4 is 5.32 Å². The third-order valence-corrected chi connectivity index (χ3v) is 4.81. The van der Waals surface area contributed by atoms with Crippen LogP contribution in [-0.4, -0.2) is 16.5 Å². The van der Waals surface area contributed by atoms with E-state index in [1.54, 1.807) is 6.07 Å². The summed E-state index contributed by atoms with van der Waals surface area (Å²) in [4.78, 5) is 8.37. The Morgan fingerprint density at radius 3 is 2.29 bits per heavy atom. The highest BCUT2D eigenvalue weighted by molar-refractivity contribution is 6.29. The van der Waals surface area contributed by atoms with Gasteiger partial charge in [-0.15, -0.1) is 0 Å². The first-order chi connectivity index (χ1) is 7.75. The molecule has 0 radical (unpaired) electrons. The maximum absolute atomic E-state index is 5.90. The molecular weight excluding hydrogens is 234 g/mol. The minimum atomic E-state index is 0.395. The third-order valence-electron chi connectivity index (χ3n) is 4.61. The molecule has 3 nitrogen and oxygen atoms in total. The molecule has 4 heteroatoms. The molecule has 1 aliphatic carbocycles. The highest BCUT2D eigenvalue weighted by Crippen LogP contribution is 2.68. The Morgan fingerprint density at radius 2 is 1.82 bits per heavy atom. The van der Waals surface area contributed by atoms with Crippen LogP contribution in [0.3, 0.4) is 0 Å². The van der Waals surface area contributed by atoms with Gasteiger partial charge in [0.2, 0.25) is 0 Å². The maximum atomic E-state index is 5.90. The van der Waals surface area contributed by atoms with E-state index in [9.17, 15) is 0 Å². The summed E-state index contributed by atoms with van der Waals surface area (Å²) in [6, 6.07) is 1.77. The Hall–Kier alpha value is -0.830. The fourth-order valence-electron chi connectivity index (χ4n) is 2.67. The summed E-state index contributed by atoms with van der Waals surface area (Å²) in [5.74, 6) is 2.19. The van der Waals surface area contributed by atoms with E-state index in [0.717, 1.165) is 12.4 Å². The van der Waals surface area contributed by atoms with Crippen molar-refractivity contribution in [3.8, 4) is 0 Å². The molecule has 1 aromatic heterocycles. The van der Waals surface area contributed by atoms with Crippen molar-refractivity contribution in [3.05, 3.63) is 17.0 Å². The van der Waals surface area contributed by atoms with E-state index < -0.39 is 0 Å². The number of halogens is 1. The normalized spacial score (nSPS) is 21.3. The summed E-state index contributed by atoms with van der Waals surface area (Å²) in [6.07, 6.45) is 0. The third kappa shape index (κ3) is 2.13. The maximum Gasteiger partial charge on any atom is 0.134 e. The van der Waals surface area contributed by atoms with Crippen LogP contribution >= 0.6 is 11.6 Å². The van der Waals surface area contributed by atoms with Gasteiger partial charge in [-0.05, 0) is 23.7 Å². The molecular formula is C13H20ClN3. The van der Waals surface area contributed by atoms with Gasteiger partial charge in [-0.25, -0.2) is 9.97 Å². The molecule has 1 saturated carbocycles. The van der Waals surface area contributed by atoms with Gasteiger partial charge in [-0.1, -0.05) is 39.3 Å². The van der Waals surface area contributed by atoms with Crippen molar-refractivity contribution >= 4 is 17.4 Å². The number of nitrogens with one attached hydrogen (secondary N) is 1. The molecule has 0 aliphatic heterocycles. The van der Waals surface area contributed by atoms with Crippen molar-refractivity contribution in [2.24, 2.45) is 16.7 Å². The minimum absolute atomic E-state index is 0.395. The number of nitrogens with zero attached hydrogens (tertiary/aromatic N) is 2. The van der Waals surface area contributed by atoms with Gasteiger partial charge in [0.1, 0.15) is 16.8 Å². The van der Waals surface area contributed by atoms with Crippen LogP contribution in [0.2, 0.25) is 5.15 Å². The molecule has 0 atom stereocenters. The molecule has 0 aromatic carbocycles. The van der Waals surface area contributed by atoms with Gasteiger partial charge in [-0.2, -0.15) is 0 Å². The van der Waals surface area contributed by atoms with E-state index in [0.29, 0.717) is 27.7 Å². The van der Waals surface area contributed by atoms with E-state index >= 15 is 0 Å². The predicted octanol–water partition coefficient (Wildman–Crippen LogP) is 3.53. The topological polar surface area (TPSA) is 37.8 Å². The highest BCUT2D eigenvalue weighted by atomic mass is 35.5. The number of aryl methyl sites for hydroxylation is 1. The molecule has 1 N–H and O–H groups in total. The van der Waals surface area contributed by atoms with Gasteiger partial charge in [0.05, 0.1) is 0 Å². The molecule has 0 amide bonds. The second-order valence-corrected chi connectivity index (χ2v) is 6.39. The summed E-state index contributed by atoms with van der Waals surface area (Å²) in [5.41, 5.74) is 0.789. The van der Waals surface area contributed by atoms with Crippen molar-refractivity contribution in [1.82, 2.24) is 9.97 Å². The van der Waals surface area contributed by atoms with Crippen LogP contribution in [0.5, 0.6) is 0 Å². The molecule has 1 aliphatic rings. The molecule has 0 bridgehead atoms. The lowest BCUT2D eigenvalue weighted by atomic mass is 10.0. The van der Waals surface area contributed by atoms with Crippen molar-refractivity contribution in [1.29, 1.82) is 0 Å². The average Bonchev–Trinajstić information content (AvgIpc) is 2.53. The van der Waals surface area contributed by atoms with Crippen molar-refractivity contribution in [2.45, 2.75) is 34.6 Å². The quantitative estimate of drug-likeness (QED) is 0.838. The van der Waals surface area contributed by atoms with E-state index in [4.69, 9.17) is 11.6 Å². The average molecular weight is 254 g/mol. The lowest BCUT2D eigenvalue weighted by Crippen LogP contribution is -2.10. The number of aromatic nitrogens is 2. The van der Waals surface area contributed by atoms with E-state index in [2.05, 4.69) is 43.0 Å². The first-order valence-corrected chi connectivity index (χ1v) is 6.38. The van der Waals surface area contributed by atoms with E-state index in [1.807, 2.05) is 6.92 Å². The fourth-order valence-corrected chi connectivity index (χ4v) is 2.90. The molecule has 17 heavy (non-hydrogen) atoms. The van der Waals surface area contributed by atoms with Crippen molar-refractivity contribution in [2.75, 3.05) is 11.9 Å². The van der Waals surface area contributed by atoms with Crippen molar-refractivity contribution < 1.29 is 0 Å². The van der Waals surface area contributed by atoms with Gasteiger partial charge in [-0.3, -0.25) is 0 Å². The molecule has 94 valence electrons. The highest BCUT2D eigenvalue weighted by Gasteiger charge is 2.64. The second-order valence-electron chi connectivity index (χ2n) is 6.00. The number of rotatable bonds is 3. The zero-order valence-electron chi connectivity index (χ0n) is 11.1. The Labute approximate surface area is 108 Å². The van der Waals surface area contributed by atoms with Gasteiger partial charge in [0.25, 0.3) is 0 Å². The summed E-state index contributed by atoms with van der Waals surface area (Å²) >= 11 is 5.90. The smallest absolute Gasteiger partial charge is 0.134 e. The molecule has 1 heterocycles. The lowest BCUT2D eigenvalue weighted by Gasteiger charge is -2.07. The van der Waals surface area contributed by atoms with E-state index in [-0.39, 0.29) is 0 Å². The largest absolute Gasteiger partial charge is 0.370 e. The summed E-state index contributed by atoms with van der Waals surface area (Å²) in [6.45, 7) is 12.1. The molecule has 1 fully saturated rings. The Balaban J connectivity index is 2.00. The fraction of sp³-hybridized carbons (Fsp3) is 0.692. The number of hydrogen-bond acceptors (Lipinski definition) is 3. The monoisotopic (exact) mass is 253 g/mol. The van der Waals surface area contributed by atoms with E-state index in [1.165, 1.54) is 0 Å². The number of anilines is 1. The SMILES string of the molecule is Cc1nc(Cl)cc(NCC2C(C)(C)C2(C)C)n1. The van der Waals surface area contributed by atoms with Gasteiger partial charge in [0, 0.05) is 12.6 Å². The molecule has 1 aromatic rings. The minimum Gasteiger partial charge on any atom is -0.370 e. The predicted molar refractivity (Wildman–Crippen MR) is 71.3 cm³/mol. The van der Waals surface area contributed by atoms with Crippen molar-refractivity contribution in [3.63, 3.8) is 0 Å². The van der Waals surface area contributed by atoms with Crippen LogP contribution in [0.4, 0.5) is 5.82 Å². The zero-order chi connectivity index (χ0) is 12.8. The van der Waals surface area contributed by atoms with Crippen LogP contribution in [0.1, 0.15) is 33.5 Å². The molecule has 0 unspecified atom stereocenters. The zero-order valence-corrected chi connectivity index (χ0v) is 11.9. The van der Waals surface area contributed by atoms with Gasteiger partial charge >= 0.3 is 0 Å². The first-order valence-electron chi connectivity index (χ1n) is 6.00. The van der Waals surface area contributed by atoms with Crippen LogP contribution in [0, 0.1) is 23.7 Å². The van der Waals surface area contributed by atoms with Gasteiger partial charge in [0.15, 0.2) is 0 Å². The Morgan fingerprint density at radius 1 is 1.24 bits per heavy atom. The second kappa shape index (κ2) is 3.84. The Kier molecular flexibility index (Phi) is 2.85. The lowest BCUT2D eigenvalue weighted by molar-refractivity contribution is 0.457. The summed E-state index contributed by atoms with van der Waals surface area (Å²) in [5, 5.41) is 3.86. The van der Waals surface area contributed by atoms with Gasteiger partial charge < -0.3 is 5.32 Å². The van der Waals surface area contributed by atoms with Crippen LogP contribution in [0.25, 0.3) is 0 Å². The summed E-state index contributed by atoms with van der Waals surface area (Å²) in [7, 11) is 0. The molecule has 0 spiro atoms. The standard InChI is InChI=1S/C13H20ClN3/c1-8-16-10(14)6-11(17-8)15-7-9-12(2,3)13(9,4)5/h6,9H,7H2,1-5H3,(H,15,16,17). The molecule has 2 rings (SSSR count). The Bertz CT molecular complexity index is 406. The van der Waals surface area contributed by atoms with Crippen LogP contribution in [-0.2, 0) is 0 Å². The summed E-state index contributed by atoms with van der Waals surface area (Å²) < 4.78 is 0.